The first-order chi connectivity index (χ1) is 12.6. The van der Waals surface area contributed by atoms with Gasteiger partial charge in [-0.3, -0.25) is 4.98 Å². The first kappa shape index (κ1) is 16.7. The second kappa shape index (κ2) is 6.84. The number of pyridine rings is 1. The van der Waals surface area contributed by atoms with Crippen molar-refractivity contribution >= 4 is 16.6 Å². The Hall–Kier alpha value is -2.80. The summed E-state index contributed by atoms with van der Waals surface area (Å²) >= 11 is 0. The average molecular weight is 354 g/mol. The van der Waals surface area contributed by atoms with Crippen molar-refractivity contribution in [1.29, 1.82) is 0 Å². The molecule has 134 valence electrons. The van der Waals surface area contributed by atoms with Gasteiger partial charge >= 0.3 is 0 Å². The fourth-order valence-corrected chi connectivity index (χ4v) is 3.46. The van der Waals surface area contributed by atoms with Crippen LogP contribution in [0.15, 0.2) is 36.7 Å². The SMILES string of the molecule is Oc1cc(F)ccc1-c1nnc(N[C@H]2CCCC[C@H]2O)c2cnccc12. The molecule has 1 aliphatic carbocycles. The minimum atomic E-state index is -0.519. The van der Waals surface area contributed by atoms with E-state index in [-0.39, 0.29) is 11.8 Å². The van der Waals surface area contributed by atoms with E-state index in [0.717, 1.165) is 42.5 Å². The van der Waals surface area contributed by atoms with Crippen LogP contribution in [-0.2, 0) is 0 Å². The van der Waals surface area contributed by atoms with Crippen molar-refractivity contribution < 1.29 is 14.6 Å². The van der Waals surface area contributed by atoms with E-state index < -0.39 is 11.9 Å². The van der Waals surface area contributed by atoms with E-state index >= 15 is 0 Å². The van der Waals surface area contributed by atoms with Crippen molar-refractivity contribution in [2.45, 2.75) is 37.8 Å². The molecule has 7 heteroatoms. The van der Waals surface area contributed by atoms with Gasteiger partial charge in [0.2, 0.25) is 0 Å². The highest BCUT2D eigenvalue weighted by atomic mass is 19.1. The molecule has 1 saturated carbocycles. The summed E-state index contributed by atoms with van der Waals surface area (Å²) in [6.45, 7) is 0. The summed E-state index contributed by atoms with van der Waals surface area (Å²) < 4.78 is 13.3. The van der Waals surface area contributed by atoms with E-state index in [9.17, 15) is 14.6 Å². The predicted octanol–water partition coefficient (Wildman–Crippen LogP) is 3.25. The Kier molecular flexibility index (Phi) is 4.38. The quantitative estimate of drug-likeness (QED) is 0.669. The Morgan fingerprint density at radius 1 is 1.08 bits per heavy atom. The van der Waals surface area contributed by atoms with Crippen LogP contribution in [0.5, 0.6) is 5.75 Å². The number of rotatable bonds is 3. The van der Waals surface area contributed by atoms with Crippen molar-refractivity contribution in [2.75, 3.05) is 5.32 Å². The van der Waals surface area contributed by atoms with Crippen LogP contribution in [0.3, 0.4) is 0 Å². The normalized spacial score (nSPS) is 20.2. The lowest BCUT2D eigenvalue weighted by Gasteiger charge is -2.29. The number of fused-ring (bicyclic) bond motifs is 1. The van der Waals surface area contributed by atoms with E-state index in [0.29, 0.717) is 17.1 Å². The topological polar surface area (TPSA) is 91.2 Å². The van der Waals surface area contributed by atoms with Gasteiger partial charge in [0.15, 0.2) is 5.82 Å². The molecule has 6 nitrogen and oxygen atoms in total. The molecular formula is C19H19FN4O2. The smallest absolute Gasteiger partial charge is 0.158 e. The van der Waals surface area contributed by atoms with Crippen molar-refractivity contribution in [2.24, 2.45) is 0 Å². The van der Waals surface area contributed by atoms with Crippen LogP contribution in [0, 0.1) is 5.82 Å². The molecule has 0 amide bonds. The maximum atomic E-state index is 13.3. The zero-order valence-electron chi connectivity index (χ0n) is 14.1. The molecule has 0 saturated heterocycles. The molecule has 3 aromatic rings. The van der Waals surface area contributed by atoms with Gasteiger partial charge in [-0.05, 0) is 31.0 Å². The summed E-state index contributed by atoms with van der Waals surface area (Å²) in [5.74, 6) is -0.167. The number of anilines is 1. The first-order valence-corrected chi connectivity index (χ1v) is 8.67. The molecule has 1 fully saturated rings. The molecular weight excluding hydrogens is 335 g/mol. The van der Waals surface area contributed by atoms with Gasteiger partial charge < -0.3 is 15.5 Å². The van der Waals surface area contributed by atoms with Gasteiger partial charge in [0.05, 0.1) is 12.1 Å². The summed E-state index contributed by atoms with van der Waals surface area (Å²) in [6, 6.07) is 5.51. The molecule has 2 aromatic heterocycles. The van der Waals surface area contributed by atoms with Crippen LogP contribution >= 0.6 is 0 Å². The number of hydrogen-bond donors (Lipinski definition) is 3. The van der Waals surface area contributed by atoms with Crippen molar-refractivity contribution in [1.82, 2.24) is 15.2 Å². The van der Waals surface area contributed by atoms with Crippen molar-refractivity contribution in [3.05, 3.63) is 42.5 Å². The van der Waals surface area contributed by atoms with Crippen LogP contribution in [0.4, 0.5) is 10.2 Å². The molecule has 26 heavy (non-hydrogen) atoms. The molecule has 0 aliphatic heterocycles. The lowest BCUT2D eigenvalue weighted by atomic mass is 9.92. The number of halogens is 1. The van der Waals surface area contributed by atoms with E-state index in [4.69, 9.17) is 0 Å². The van der Waals surface area contributed by atoms with Crippen LogP contribution < -0.4 is 5.32 Å². The van der Waals surface area contributed by atoms with Gasteiger partial charge in [0.25, 0.3) is 0 Å². The van der Waals surface area contributed by atoms with Gasteiger partial charge in [-0.15, -0.1) is 10.2 Å². The molecule has 1 aliphatic rings. The van der Waals surface area contributed by atoms with Crippen molar-refractivity contribution in [3.63, 3.8) is 0 Å². The number of nitrogens with zero attached hydrogens (tertiary/aromatic N) is 3. The van der Waals surface area contributed by atoms with Gasteiger partial charge in [-0.2, -0.15) is 0 Å². The molecule has 0 unspecified atom stereocenters. The molecule has 0 spiro atoms. The number of aliphatic hydroxyl groups excluding tert-OH is 1. The number of aromatic nitrogens is 3. The van der Waals surface area contributed by atoms with Gasteiger partial charge in [0, 0.05) is 34.8 Å². The number of aromatic hydroxyl groups is 1. The molecule has 0 radical (unpaired) electrons. The van der Waals surface area contributed by atoms with Crippen molar-refractivity contribution in [3.8, 4) is 17.0 Å². The van der Waals surface area contributed by atoms with Crippen LogP contribution in [0.1, 0.15) is 25.7 Å². The van der Waals surface area contributed by atoms with E-state index in [1.807, 2.05) is 0 Å². The molecule has 3 N–H and O–H groups in total. The Balaban J connectivity index is 1.78. The van der Waals surface area contributed by atoms with Gasteiger partial charge in [0.1, 0.15) is 17.3 Å². The minimum absolute atomic E-state index is 0.0773. The number of phenols is 1. The van der Waals surface area contributed by atoms with E-state index in [1.165, 1.54) is 12.1 Å². The highest BCUT2D eigenvalue weighted by Crippen LogP contribution is 2.35. The summed E-state index contributed by atoms with van der Waals surface area (Å²) in [6.07, 6.45) is 6.60. The van der Waals surface area contributed by atoms with Crippen LogP contribution in [-0.4, -0.2) is 37.5 Å². The Labute approximate surface area is 149 Å². The molecule has 1 aromatic carbocycles. The Morgan fingerprint density at radius 3 is 2.73 bits per heavy atom. The summed E-state index contributed by atoms with van der Waals surface area (Å²) in [7, 11) is 0. The van der Waals surface area contributed by atoms with Gasteiger partial charge in [-0.25, -0.2) is 4.39 Å². The molecule has 2 heterocycles. The van der Waals surface area contributed by atoms with Crippen LogP contribution in [0.25, 0.3) is 22.0 Å². The maximum Gasteiger partial charge on any atom is 0.158 e. The standard InChI is InChI=1S/C19H19FN4O2/c20-11-5-6-13(17(26)9-11)18-12-7-8-21-10-14(12)19(24-23-18)22-15-3-1-2-4-16(15)25/h5-10,15-16,25-26H,1-4H2,(H,22,24)/t15-,16+/m0/s1. The maximum absolute atomic E-state index is 13.3. The highest BCUT2D eigenvalue weighted by Gasteiger charge is 2.24. The summed E-state index contributed by atoms with van der Waals surface area (Å²) in [5.41, 5.74) is 0.856. The zero-order valence-corrected chi connectivity index (χ0v) is 14.1. The minimum Gasteiger partial charge on any atom is -0.507 e. The third-order valence-corrected chi connectivity index (χ3v) is 4.85. The number of aliphatic hydroxyl groups is 1. The number of phenolic OH excluding ortho intramolecular Hbond substituents is 1. The monoisotopic (exact) mass is 354 g/mol. The Morgan fingerprint density at radius 2 is 1.92 bits per heavy atom. The molecule has 0 bridgehead atoms. The summed E-state index contributed by atoms with van der Waals surface area (Å²) in [5, 5.41) is 33.6. The zero-order chi connectivity index (χ0) is 18.1. The van der Waals surface area contributed by atoms with E-state index in [2.05, 4.69) is 20.5 Å². The third-order valence-electron chi connectivity index (χ3n) is 4.85. The van der Waals surface area contributed by atoms with Crippen LogP contribution in [0.2, 0.25) is 0 Å². The lowest BCUT2D eigenvalue weighted by Crippen LogP contribution is -2.36. The second-order valence-corrected chi connectivity index (χ2v) is 6.58. The first-order valence-electron chi connectivity index (χ1n) is 8.67. The number of nitrogens with one attached hydrogen (secondary N) is 1. The average Bonchev–Trinajstić information content (AvgIpc) is 2.64. The largest absolute Gasteiger partial charge is 0.507 e. The number of benzene rings is 1. The lowest BCUT2D eigenvalue weighted by molar-refractivity contribution is 0.116. The fourth-order valence-electron chi connectivity index (χ4n) is 3.46. The molecule has 2 atom stereocenters. The summed E-state index contributed by atoms with van der Waals surface area (Å²) in [4.78, 5) is 4.16. The fraction of sp³-hybridized carbons (Fsp3) is 0.316. The second-order valence-electron chi connectivity index (χ2n) is 6.58. The predicted molar refractivity (Wildman–Crippen MR) is 96.3 cm³/mol. The number of hydrogen-bond acceptors (Lipinski definition) is 6. The van der Waals surface area contributed by atoms with E-state index in [1.54, 1.807) is 18.5 Å². The highest BCUT2D eigenvalue weighted by molar-refractivity contribution is 6.00. The van der Waals surface area contributed by atoms with Gasteiger partial charge in [-0.1, -0.05) is 12.8 Å². The third kappa shape index (κ3) is 3.06. The Bertz CT molecular complexity index is 950. The molecule has 4 rings (SSSR count).